The maximum Gasteiger partial charge on any atom is 0.387 e. The number of fused-ring (bicyclic) bond motifs is 3. The summed E-state index contributed by atoms with van der Waals surface area (Å²) in [5.41, 5.74) is 9.44. The monoisotopic (exact) mass is 1010 g/mol. The van der Waals surface area contributed by atoms with E-state index in [9.17, 15) is 30.7 Å². The van der Waals surface area contributed by atoms with Gasteiger partial charge in [0.25, 0.3) is 0 Å². The number of rotatable bonds is 19. The van der Waals surface area contributed by atoms with Crippen LogP contribution in [-0.2, 0) is 19.3 Å². The van der Waals surface area contributed by atoms with Gasteiger partial charge in [-0.1, -0.05) is 167 Å². The zero-order valence-corrected chi connectivity index (χ0v) is 41.5. The molecule has 0 heterocycles. The minimum atomic E-state index is -3.04. The Hall–Kier alpha value is -7.59. The summed E-state index contributed by atoms with van der Waals surface area (Å²) in [5.74, 6) is -0.902. The van der Waals surface area contributed by atoms with Crippen molar-refractivity contribution in [1.29, 1.82) is 0 Å². The summed E-state index contributed by atoms with van der Waals surface area (Å²) in [7, 11) is 0. The Bertz CT molecular complexity index is 3230. The van der Waals surface area contributed by atoms with Crippen molar-refractivity contribution in [3.63, 3.8) is 0 Å². The lowest BCUT2D eigenvalue weighted by atomic mass is 9.98. The molecule has 0 saturated carbocycles. The maximum absolute atomic E-state index is 13.9. The first-order chi connectivity index (χ1) is 35.9. The van der Waals surface area contributed by atoms with Crippen LogP contribution in [0.1, 0.15) is 69.1 Å². The summed E-state index contributed by atoms with van der Waals surface area (Å²) in [6, 6.07) is 55.2. The largest absolute Gasteiger partial charge is 0.435 e. The lowest BCUT2D eigenvalue weighted by Crippen LogP contribution is -2.03. The van der Waals surface area contributed by atoms with Crippen molar-refractivity contribution in [2.75, 3.05) is 0 Å². The van der Waals surface area contributed by atoms with Crippen molar-refractivity contribution in [1.82, 2.24) is 0 Å². The Balaban J connectivity index is 0.000000163. The molecule has 382 valence electrons. The van der Waals surface area contributed by atoms with Crippen LogP contribution in [0.25, 0.3) is 65.7 Å². The molecule has 9 aromatic rings. The summed E-state index contributed by atoms with van der Waals surface area (Å²) in [5, 5.41) is 6.94. The van der Waals surface area contributed by atoms with Gasteiger partial charge in [-0.3, -0.25) is 0 Å². The molecule has 0 spiro atoms. The van der Waals surface area contributed by atoms with Gasteiger partial charge in [0.05, 0.1) is 0 Å². The summed E-state index contributed by atoms with van der Waals surface area (Å²) in [6.07, 6.45) is 12.5. The predicted molar refractivity (Wildman–Crippen MR) is 288 cm³/mol. The molecular weight excluding hydrogens is 950 g/mol. The molecule has 0 aliphatic heterocycles. The second-order valence-corrected chi connectivity index (χ2v) is 17.9. The second-order valence-electron chi connectivity index (χ2n) is 17.9. The highest BCUT2D eigenvalue weighted by Crippen LogP contribution is 2.32. The van der Waals surface area contributed by atoms with Crippen molar-refractivity contribution < 1.29 is 44.9 Å². The van der Waals surface area contributed by atoms with Crippen LogP contribution in [0.3, 0.4) is 0 Å². The van der Waals surface area contributed by atoms with Crippen molar-refractivity contribution in [3.8, 4) is 50.6 Å². The van der Waals surface area contributed by atoms with E-state index in [1.165, 1.54) is 77.1 Å². The fraction of sp³-hybridized carbons (Fsp3) is 0.219. The fourth-order valence-electron chi connectivity index (χ4n) is 8.69. The molecule has 0 aliphatic carbocycles. The third-order valence-corrected chi connectivity index (χ3v) is 12.6. The number of hydrogen-bond donors (Lipinski definition) is 0. The molecule has 0 aromatic heterocycles. The average molecular weight is 1010 g/mol. The zero-order valence-electron chi connectivity index (χ0n) is 41.5. The lowest BCUT2D eigenvalue weighted by molar-refractivity contribution is -0.0524. The SMILES string of the molecule is C=CCCc1ccc2cc(-c3ccc(OC(F)F)cc3)ccc2c1.CCCCCCCc1ccc2cc(-c3ccc(OC(F)F)cc3)ccc2c1.CCc1ccc2cc(-c3ccc(OC(F)F)c(F)c3)ccc2c1. The Morgan fingerprint density at radius 1 is 0.392 bits per heavy atom. The lowest BCUT2D eigenvalue weighted by Gasteiger charge is -2.09. The van der Waals surface area contributed by atoms with Crippen molar-refractivity contribution in [2.45, 2.75) is 91.5 Å². The number of ether oxygens (including phenoxy) is 3. The third-order valence-electron chi connectivity index (χ3n) is 12.6. The van der Waals surface area contributed by atoms with Crippen LogP contribution in [0, 0.1) is 5.82 Å². The number of unbranched alkanes of at least 4 members (excludes halogenated alkanes) is 4. The molecule has 0 unspecified atom stereocenters. The number of hydrogen-bond acceptors (Lipinski definition) is 3. The Morgan fingerprint density at radius 3 is 1.22 bits per heavy atom. The number of halogens is 7. The van der Waals surface area contributed by atoms with Gasteiger partial charge >= 0.3 is 19.8 Å². The average Bonchev–Trinajstić information content (AvgIpc) is 3.40. The van der Waals surface area contributed by atoms with E-state index in [0.717, 1.165) is 69.7 Å². The van der Waals surface area contributed by atoms with Crippen molar-refractivity contribution >= 4 is 32.3 Å². The van der Waals surface area contributed by atoms with E-state index >= 15 is 0 Å². The van der Waals surface area contributed by atoms with E-state index in [4.69, 9.17) is 0 Å². The fourth-order valence-corrected chi connectivity index (χ4v) is 8.69. The van der Waals surface area contributed by atoms with Gasteiger partial charge in [0.2, 0.25) is 0 Å². The normalized spacial score (nSPS) is 11.1. The smallest absolute Gasteiger partial charge is 0.387 e. The van der Waals surface area contributed by atoms with E-state index in [2.05, 4.69) is 113 Å². The van der Waals surface area contributed by atoms with Crippen LogP contribution in [-0.4, -0.2) is 19.8 Å². The number of alkyl halides is 6. The summed E-state index contributed by atoms with van der Waals surface area (Å²) >= 11 is 0. The predicted octanol–water partition coefficient (Wildman–Crippen LogP) is 19.7. The molecule has 9 rings (SSSR count). The first-order valence-corrected chi connectivity index (χ1v) is 24.9. The van der Waals surface area contributed by atoms with Crippen LogP contribution in [0.15, 0.2) is 189 Å². The minimum absolute atomic E-state index is 0.168. The third kappa shape index (κ3) is 15.7. The van der Waals surface area contributed by atoms with Gasteiger partial charge in [-0.25, -0.2) is 4.39 Å². The van der Waals surface area contributed by atoms with Gasteiger partial charge in [0.1, 0.15) is 11.5 Å². The van der Waals surface area contributed by atoms with Crippen molar-refractivity contribution in [2.24, 2.45) is 0 Å². The Morgan fingerprint density at radius 2 is 0.770 bits per heavy atom. The van der Waals surface area contributed by atoms with Crippen LogP contribution in [0.5, 0.6) is 17.2 Å². The zero-order chi connectivity index (χ0) is 52.4. The molecule has 0 atom stereocenters. The van der Waals surface area contributed by atoms with Gasteiger partial charge in [-0.2, -0.15) is 26.3 Å². The van der Waals surface area contributed by atoms with Gasteiger partial charge in [0, 0.05) is 0 Å². The van der Waals surface area contributed by atoms with Crippen LogP contribution in [0.2, 0.25) is 0 Å². The number of allylic oxidation sites excluding steroid dienone is 1. The molecule has 0 aliphatic rings. The molecule has 0 radical (unpaired) electrons. The van der Waals surface area contributed by atoms with Crippen molar-refractivity contribution in [3.05, 3.63) is 211 Å². The highest BCUT2D eigenvalue weighted by molar-refractivity contribution is 5.90. The summed E-state index contributed by atoms with van der Waals surface area (Å²) < 4.78 is 100. The van der Waals surface area contributed by atoms with E-state index < -0.39 is 31.4 Å². The summed E-state index contributed by atoms with van der Waals surface area (Å²) in [6.45, 7) is -0.539. The van der Waals surface area contributed by atoms with E-state index in [1.54, 1.807) is 42.5 Å². The van der Waals surface area contributed by atoms with E-state index in [1.807, 2.05) is 48.5 Å². The Labute approximate surface area is 428 Å². The quantitative estimate of drug-likeness (QED) is 0.0459. The second kappa shape index (κ2) is 26.9. The molecule has 0 saturated heterocycles. The summed E-state index contributed by atoms with van der Waals surface area (Å²) in [4.78, 5) is 0. The molecule has 3 nitrogen and oxygen atoms in total. The van der Waals surface area contributed by atoms with E-state index in [-0.39, 0.29) is 11.5 Å². The van der Waals surface area contributed by atoms with Crippen LogP contribution >= 0.6 is 0 Å². The van der Waals surface area contributed by atoms with Gasteiger partial charge in [0.15, 0.2) is 11.6 Å². The molecule has 74 heavy (non-hydrogen) atoms. The standard InChI is InChI=1S/C24H26F2O.C21H18F2O.C19H15F3O/c1-2-3-4-5-6-7-18-8-9-22-17-21(11-10-20(22)16-18)19-12-14-23(15-13-19)27-24(25)26;1-2-3-4-15-5-6-19-14-18(8-7-17(19)13-15)16-9-11-20(12-10-16)24-21(22)23;1-2-12-3-4-14-10-15(6-5-13(14)9-12)16-7-8-18(17(20)11-16)23-19(21)22/h8-17,24H,2-7H2,1H3;2,5-14,21H,1,3-4H2;3-11,19H,2H2,1H3. The highest BCUT2D eigenvalue weighted by atomic mass is 19.3. The van der Waals surface area contributed by atoms with Crippen LogP contribution < -0.4 is 14.2 Å². The molecule has 0 amide bonds. The topological polar surface area (TPSA) is 27.7 Å². The molecule has 0 fully saturated rings. The molecular formula is C64H59F7O3. The van der Waals surface area contributed by atoms with Gasteiger partial charge in [-0.05, 0) is 169 Å². The first-order valence-electron chi connectivity index (χ1n) is 24.9. The molecule has 0 bridgehead atoms. The van der Waals surface area contributed by atoms with E-state index in [0.29, 0.717) is 5.56 Å². The molecule has 9 aromatic carbocycles. The first kappa shape index (κ1) is 54.2. The number of aryl methyl sites for hydroxylation is 3. The highest BCUT2D eigenvalue weighted by Gasteiger charge is 2.12. The Kier molecular flexibility index (Phi) is 19.7. The molecule has 10 heteroatoms. The minimum Gasteiger partial charge on any atom is -0.435 e. The maximum atomic E-state index is 13.9. The molecule has 0 N–H and O–H groups in total. The van der Waals surface area contributed by atoms with Gasteiger partial charge in [-0.15, -0.1) is 6.58 Å². The number of benzene rings is 9. The van der Waals surface area contributed by atoms with Gasteiger partial charge < -0.3 is 14.2 Å². The van der Waals surface area contributed by atoms with Crippen LogP contribution in [0.4, 0.5) is 30.7 Å².